The number of fused-ring (bicyclic) bond motifs is 3. The van der Waals surface area contributed by atoms with Gasteiger partial charge in [-0.05, 0) is 49.7 Å². The Kier molecular flexibility index (Phi) is 6.62. The molecule has 8 heteroatoms. The number of H-pyrrole nitrogens is 1. The molecule has 4 aromatic rings. The summed E-state index contributed by atoms with van der Waals surface area (Å²) in [5.41, 5.74) is 3.44. The molecule has 0 aliphatic heterocycles. The Labute approximate surface area is 193 Å². The van der Waals surface area contributed by atoms with Crippen LogP contribution in [0.15, 0.2) is 53.1 Å². The third-order valence-electron chi connectivity index (χ3n) is 4.79. The van der Waals surface area contributed by atoms with E-state index in [-0.39, 0.29) is 18.6 Å². The fourth-order valence-corrected chi connectivity index (χ4v) is 3.68. The van der Waals surface area contributed by atoms with Gasteiger partial charge in [-0.3, -0.25) is 0 Å². The lowest BCUT2D eigenvalue weighted by atomic mass is 10.1. The SMILES string of the molecule is COCc1c(OC(=O)OC(C)C)ncc2[nH]c3ccc(OCc4ccc(Br)cc4)cc3c12. The third-order valence-corrected chi connectivity index (χ3v) is 5.32. The highest BCUT2D eigenvalue weighted by atomic mass is 79.9. The molecule has 166 valence electrons. The average molecular weight is 499 g/mol. The average Bonchev–Trinajstić information content (AvgIpc) is 3.12. The van der Waals surface area contributed by atoms with Crippen LogP contribution in [0.4, 0.5) is 4.79 Å². The van der Waals surface area contributed by atoms with Crippen molar-refractivity contribution < 1.29 is 23.7 Å². The van der Waals surface area contributed by atoms with Crippen molar-refractivity contribution in [2.75, 3.05) is 7.11 Å². The van der Waals surface area contributed by atoms with Crippen LogP contribution in [0.1, 0.15) is 25.0 Å². The molecule has 2 aromatic carbocycles. The molecule has 0 saturated heterocycles. The van der Waals surface area contributed by atoms with Gasteiger partial charge < -0.3 is 23.9 Å². The lowest BCUT2D eigenvalue weighted by Crippen LogP contribution is -2.17. The molecule has 0 aliphatic rings. The molecule has 0 saturated carbocycles. The van der Waals surface area contributed by atoms with E-state index in [0.29, 0.717) is 12.2 Å². The van der Waals surface area contributed by atoms with Crippen LogP contribution in [0.2, 0.25) is 0 Å². The molecule has 0 fully saturated rings. The second kappa shape index (κ2) is 9.58. The molecule has 7 nitrogen and oxygen atoms in total. The molecular formula is C24H23BrN2O5. The number of nitrogens with one attached hydrogen (secondary N) is 1. The normalized spacial score (nSPS) is 11.3. The molecule has 4 rings (SSSR count). The summed E-state index contributed by atoms with van der Waals surface area (Å²) in [6.45, 7) is 4.17. The van der Waals surface area contributed by atoms with Gasteiger partial charge in [0.2, 0.25) is 5.88 Å². The Balaban J connectivity index is 1.70. The van der Waals surface area contributed by atoms with Gasteiger partial charge >= 0.3 is 6.16 Å². The van der Waals surface area contributed by atoms with Crippen LogP contribution in [-0.4, -0.2) is 29.3 Å². The molecule has 1 N–H and O–H groups in total. The maximum Gasteiger partial charge on any atom is 0.515 e. The summed E-state index contributed by atoms with van der Waals surface area (Å²) in [5.74, 6) is 0.885. The predicted molar refractivity (Wildman–Crippen MR) is 125 cm³/mol. The van der Waals surface area contributed by atoms with Crippen molar-refractivity contribution in [1.29, 1.82) is 0 Å². The van der Waals surface area contributed by atoms with Gasteiger partial charge in [-0.1, -0.05) is 28.1 Å². The van der Waals surface area contributed by atoms with Crippen molar-refractivity contribution >= 4 is 43.9 Å². The molecule has 0 atom stereocenters. The summed E-state index contributed by atoms with van der Waals surface area (Å²) in [6, 6.07) is 13.8. The van der Waals surface area contributed by atoms with E-state index in [1.54, 1.807) is 27.2 Å². The van der Waals surface area contributed by atoms with E-state index in [4.69, 9.17) is 18.9 Å². The number of rotatable bonds is 7. The van der Waals surface area contributed by atoms with Crippen molar-refractivity contribution in [2.45, 2.75) is 33.2 Å². The fraction of sp³-hybridized carbons (Fsp3) is 0.250. The molecule has 0 aliphatic carbocycles. The summed E-state index contributed by atoms with van der Waals surface area (Å²) in [5, 5.41) is 1.78. The molecule has 0 radical (unpaired) electrons. The number of pyridine rings is 1. The van der Waals surface area contributed by atoms with E-state index in [0.717, 1.165) is 37.6 Å². The molecule has 0 bridgehead atoms. The number of aromatic nitrogens is 2. The van der Waals surface area contributed by atoms with Crippen LogP contribution in [0, 0.1) is 0 Å². The third kappa shape index (κ3) is 4.87. The predicted octanol–water partition coefficient (Wildman–Crippen LogP) is 6.13. The van der Waals surface area contributed by atoms with Gasteiger partial charge in [-0.25, -0.2) is 9.78 Å². The minimum atomic E-state index is -0.803. The number of hydrogen-bond donors (Lipinski definition) is 1. The summed E-state index contributed by atoms with van der Waals surface area (Å²) in [4.78, 5) is 19.7. The first kappa shape index (κ1) is 22.1. The van der Waals surface area contributed by atoms with Crippen molar-refractivity contribution in [2.24, 2.45) is 0 Å². The molecule has 2 heterocycles. The maximum absolute atomic E-state index is 12.1. The summed E-state index contributed by atoms with van der Waals surface area (Å²) < 4.78 is 22.9. The lowest BCUT2D eigenvalue weighted by Gasteiger charge is -2.12. The van der Waals surface area contributed by atoms with E-state index in [2.05, 4.69) is 25.9 Å². The van der Waals surface area contributed by atoms with Crippen LogP contribution in [0.25, 0.3) is 21.8 Å². The molecule has 0 unspecified atom stereocenters. The minimum Gasteiger partial charge on any atom is -0.489 e. The van der Waals surface area contributed by atoms with E-state index in [9.17, 15) is 4.79 Å². The first-order chi connectivity index (χ1) is 15.4. The molecular weight excluding hydrogens is 476 g/mol. The zero-order chi connectivity index (χ0) is 22.7. The summed E-state index contributed by atoms with van der Waals surface area (Å²) >= 11 is 3.44. The lowest BCUT2D eigenvalue weighted by molar-refractivity contribution is 0.0705. The second-order valence-corrected chi connectivity index (χ2v) is 8.45. The number of halogens is 1. The number of carbonyl (C=O) groups is 1. The largest absolute Gasteiger partial charge is 0.515 e. The van der Waals surface area contributed by atoms with Gasteiger partial charge in [0, 0.05) is 27.9 Å². The highest BCUT2D eigenvalue weighted by molar-refractivity contribution is 9.10. The van der Waals surface area contributed by atoms with E-state index in [1.165, 1.54) is 0 Å². The molecule has 0 amide bonds. The van der Waals surface area contributed by atoms with Crippen LogP contribution >= 0.6 is 15.9 Å². The summed E-state index contributed by atoms with van der Waals surface area (Å²) in [7, 11) is 1.58. The first-order valence-corrected chi connectivity index (χ1v) is 10.9. The number of ether oxygens (including phenoxy) is 4. The zero-order valence-electron chi connectivity index (χ0n) is 18.0. The number of hydrogen-bond acceptors (Lipinski definition) is 6. The Morgan fingerprint density at radius 2 is 1.88 bits per heavy atom. The Morgan fingerprint density at radius 1 is 1.09 bits per heavy atom. The van der Waals surface area contributed by atoms with Crippen LogP contribution in [0.5, 0.6) is 11.6 Å². The van der Waals surface area contributed by atoms with Crippen LogP contribution < -0.4 is 9.47 Å². The highest BCUT2D eigenvalue weighted by Crippen LogP contribution is 2.35. The van der Waals surface area contributed by atoms with Gasteiger partial charge in [0.05, 0.1) is 30.0 Å². The molecule has 0 spiro atoms. The molecule has 2 aromatic heterocycles. The quantitative estimate of drug-likeness (QED) is 0.308. The number of aromatic amines is 1. The Hall–Kier alpha value is -3.10. The van der Waals surface area contributed by atoms with Crippen molar-refractivity contribution in [1.82, 2.24) is 9.97 Å². The van der Waals surface area contributed by atoms with Gasteiger partial charge in [-0.2, -0.15) is 0 Å². The van der Waals surface area contributed by atoms with Gasteiger partial charge in [0.1, 0.15) is 12.4 Å². The van der Waals surface area contributed by atoms with Crippen molar-refractivity contribution in [3.05, 3.63) is 64.3 Å². The molecule has 32 heavy (non-hydrogen) atoms. The van der Waals surface area contributed by atoms with Crippen molar-refractivity contribution in [3.8, 4) is 11.6 Å². The number of methoxy groups -OCH3 is 1. The number of nitrogens with zero attached hydrogens (tertiary/aromatic N) is 1. The van der Waals surface area contributed by atoms with Gasteiger partial charge in [-0.15, -0.1) is 0 Å². The van der Waals surface area contributed by atoms with Gasteiger partial charge in [0.25, 0.3) is 0 Å². The minimum absolute atomic E-state index is 0.159. The highest BCUT2D eigenvalue weighted by Gasteiger charge is 2.19. The van der Waals surface area contributed by atoms with E-state index >= 15 is 0 Å². The number of benzene rings is 2. The Bertz CT molecular complexity index is 1250. The fourth-order valence-electron chi connectivity index (χ4n) is 3.42. The maximum atomic E-state index is 12.1. The second-order valence-electron chi connectivity index (χ2n) is 7.53. The smallest absolute Gasteiger partial charge is 0.489 e. The Morgan fingerprint density at radius 3 is 2.59 bits per heavy atom. The topological polar surface area (TPSA) is 82.7 Å². The standard InChI is InChI=1S/C24H23BrN2O5/c1-14(2)31-24(28)32-23-19(13-29-3)22-18-10-17(8-9-20(18)27-21(22)11-26-23)30-12-15-4-6-16(25)7-5-15/h4-11,14,27H,12-13H2,1-3H3. The first-order valence-electron chi connectivity index (χ1n) is 10.1. The van der Waals surface area contributed by atoms with E-state index in [1.807, 2.05) is 42.5 Å². The summed E-state index contributed by atoms with van der Waals surface area (Å²) in [6.07, 6.45) is 0.535. The van der Waals surface area contributed by atoms with Gasteiger partial charge in [0.15, 0.2) is 0 Å². The van der Waals surface area contributed by atoms with Crippen molar-refractivity contribution in [3.63, 3.8) is 0 Å². The number of carbonyl (C=O) groups excluding carboxylic acids is 1. The van der Waals surface area contributed by atoms with Crippen LogP contribution in [-0.2, 0) is 22.7 Å². The van der Waals surface area contributed by atoms with Crippen LogP contribution in [0.3, 0.4) is 0 Å². The monoisotopic (exact) mass is 498 g/mol. The zero-order valence-corrected chi connectivity index (χ0v) is 19.6. The van der Waals surface area contributed by atoms with E-state index < -0.39 is 6.16 Å².